The van der Waals surface area contributed by atoms with E-state index in [-0.39, 0.29) is 17.7 Å². The van der Waals surface area contributed by atoms with Crippen molar-refractivity contribution in [3.63, 3.8) is 0 Å². The van der Waals surface area contributed by atoms with Crippen LogP contribution in [0.15, 0.2) is 18.2 Å². The lowest BCUT2D eigenvalue weighted by atomic mass is 10.1. The molecule has 0 spiro atoms. The van der Waals surface area contributed by atoms with Crippen LogP contribution in [0.2, 0.25) is 0 Å². The topological polar surface area (TPSA) is 91.1 Å². The Morgan fingerprint density at radius 3 is 2.83 bits per heavy atom. The van der Waals surface area contributed by atoms with Crippen LogP contribution in [0, 0.1) is 5.92 Å². The second-order valence-corrected chi connectivity index (χ2v) is 5.75. The van der Waals surface area contributed by atoms with Gasteiger partial charge in [0.05, 0.1) is 13.0 Å². The molecule has 2 heterocycles. The molecule has 2 amide bonds. The average Bonchev–Trinajstić information content (AvgIpc) is 3.09. The van der Waals surface area contributed by atoms with Crippen molar-refractivity contribution in [2.45, 2.75) is 6.42 Å². The normalized spacial score (nSPS) is 19.5. The van der Waals surface area contributed by atoms with E-state index in [0.29, 0.717) is 50.0 Å². The molecule has 24 heavy (non-hydrogen) atoms. The number of carbonyl (C=O) groups is 2. The number of rotatable bonds is 4. The van der Waals surface area contributed by atoms with Gasteiger partial charge in [0.2, 0.25) is 17.6 Å². The first-order chi connectivity index (χ1) is 11.6. The molecule has 0 aliphatic carbocycles. The van der Waals surface area contributed by atoms with E-state index in [4.69, 9.17) is 19.9 Å². The van der Waals surface area contributed by atoms with Crippen molar-refractivity contribution < 1.29 is 23.8 Å². The van der Waals surface area contributed by atoms with Crippen LogP contribution >= 0.6 is 0 Å². The summed E-state index contributed by atoms with van der Waals surface area (Å²) >= 11 is 0. The van der Waals surface area contributed by atoms with E-state index in [1.54, 1.807) is 30.2 Å². The minimum Gasteiger partial charge on any atom is -0.493 e. The van der Waals surface area contributed by atoms with Crippen LogP contribution in [-0.4, -0.2) is 50.1 Å². The first kappa shape index (κ1) is 16.2. The smallest absolute Gasteiger partial charge is 0.246 e. The third-order valence-electron chi connectivity index (χ3n) is 4.17. The molecule has 1 aromatic rings. The summed E-state index contributed by atoms with van der Waals surface area (Å²) < 4.78 is 16.4. The number of nitrogens with two attached hydrogens (primary N) is 1. The highest BCUT2D eigenvalue weighted by molar-refractivity contribution is 5.92. The predicted octanol–water partition coefficient (Wildman–Crippen LogP) is 0.813. The molecule has 3 rings (SSSR count). The van der Waals surface area contributed by atoms with Crippen molar-refractivity contribution in [1.82, 2.24) is 4.90 Å². The van der Waals surface area contributed by atoms with Crippen LogP contribution in [0.1, 0.15) is 12.0 Å². The van der Waals surface area contributed by atoms with E-state index in [1.807, 2.05) is 0 Å². The van der Waals surface area contributed by atoms with Crippen molar-refractivity contribution in [1.29, 1.82) is 0 Å². The molecular formula is C17H20N2O5. The molecule has 0 saturated carbocycles. The van der Waals surface area contributed by atoms with Gasteiger partial charge in [-0.2, -0.15) is 0 Å². The molecule has 128 valence electrons. The van der Waals surface area contributed by atoms with Crippen LogP contribution in [0.5, 0.6) is 17.2 Å². The number of methoxy groups -OCH3 is 1. The van der Waals surface area contributed by atoms with Crippen LogP contribution in [0.3, 0.4) is 0 Å². The zero-order valence-electron chi connectivity index (χ0n) is 13.5. The highest BCUT2D eigenvalue weighted by Crippen LogP contribution is 2.40. The molecule has 0 bridgehead atoms. The van der Waals surface area contributed by atoms with E-state index in [9.17, 15) is 9.59 Å². The highest BCUT2D eigenvalue weighted by atomic mass is 16.6. The number of nitrogens with zero attached hydrogens (tertiary/aromatic N) is 1. The van der Waals surface area contributed by atoms with E-state index >= 15 is 0 Å². The molecule has 0 aromatic heterocycles. The molecule has 1 unspecified atom stereocenters. The molecule has 2 aliphatic rings. The van der Waals surface area contributed by atoms with Gasteiger partial charge in [0.1, 0.15) is 13.2 Å². The van der Waals surface area contributed by atoms with E-state index in [0.717, 1.165) is 5.56 Å². The third kappa shape index (κ3) is 3.29. The van der Waals surface area contributed by atoms with Gasteiger partial charge < -0.3 is 24.8 Å². The molecule has 1 aromatic carbocycles. The number of benzene rings is 1. The van der Waals surface area contributed by atoms with Gasteiger partial charge in [0, 0.05) is 19.2 Å². The number of amides is 2. The van der Waals surface area contributed by atoms with Crippen molar-refractivity contribution in [3.05, 3.63) is 23.8 Å². The van der Waals surface area contributed by atoms with Crippen molar-refractivity contribution in [2.24, 2.45) is 11.7 Å². The Kier molecular flexibility index (Phi) is 4.59. The molecular weight excluding hydrogens is 312 g/mol. The number of hydrogen-bond acceptors (Lipinski definition) is 5. The van der Waals surface area contributed by atoms with Gasteiger partial charge >= 0.3 is 0 Å². The van der Waals surface area contributed by atoms with Crippen molar-refractivity contribution in [3.8, 4) is 17.2 Å². The van der Waals surface area contributed by atoms with Crippen molar-refractivity contribution in [2.75, 3.05) is 33.4 Å². The molecule has 7 nitrogen and oxygen atoms in total. The SMILES string of the molecule is COc1cc(/C=C/C(=O)N2CCC(C(N)=O)C2)cc2c1OCCO2. The second-order valence-electron chi connectivity index (χ2n) is 5.75. The van der Waals surface area contributed by atoms with E-state index in [1.165, 1.54) is 6.08 Å². The van der Waals surface area contributed by atoms with Crippen LogP contribution < -0.4 is 19.9 Å². The maximum Gasteiger partial charge on any atom is 0.246 e. The standard InChI is InChI=1S/C17H20N2O5/c1-22-13-8-11(9-14-16(13)24-7-6-23-14)2-3-15(20)19-5-4-12(10-19)17(18)21/h2-3,8-9,12H,4-7,10H2,1H3,(H2,18,21)/b3-2+. The maximum absolute atomic E-state index is 12.2. The fraction of sp³-hybridized carbons (Fsp3) is 0.412. The van der Waals surface area contributed by atoms with Crippen LogP contribution in [0.4, 0.5) is 0 Å². The predicted molar refractivity (Wildman–Crippen MR) is 86.9 cm³/mol. The zero-order valence-corrected chi connectivity index (χ0v) is 13.5. The fourth-order valence-corrected chi connectivity index (χ4v) is 2.86. The zero-order chi connectivity index (χ0) is 17.1. The molecule has 2 N–H and O–H groups in total. The van der Waals surface area contributed by atoms with Gasteiger partial charge in [-0.3, -0.25) is 9.59 Å². The fourth-order valence-electron chi connectivity index (χ4n) is 2.86. The number of primary amides is 1. The Hall–Kier alpha value is -2.70. The summed E-state index contributed by atoms with van der Waals surface area (Å²) in [6.07, 6.45) is 3.79. The molecule has 1 fully saturated rings. The van der Waals surface area contributed by atoms with E-state index in [2.05, 4.69) is 0 Å². The Labute approximate surface area is 140 Å². The van der Waals surface area contributed by atoms with Crippen LogP contribution in [-0.2, 0) is 9.59 Å². The molecule has 0 radical (unpaired) electrons. The molecule has 7 heteroatoms. The maximum atomic E-state index is 12.2. The molecule has 2 aliphatic heterocycles. The summed E-state index contributed by atoms with van der Waals surface area (Å²) in [7, 11) is 1.56. The van der Waals surface area contributed by atoms with Gasteiger partial charge in [-0.05, 0) is 30.2 Å². The average molecular weight is 332 g/mol. The number of ether oxygens (including phenoxy) is 3. The second kappa shape index (κ2) is 6.82. The van der Waals surface area contributed by atoms with Crippen LogP contribution in [0.25, 0.3) is 6.08 Å². The Bertz CT molecular complexity index is 669. The molecule has 1 saturated heterocycles. The quantitative estimate of drug-likeness (QED) is 0.824. The third-order valence-corrected chi connectivity index (χ3v) is 4.17. The van der Waals surface area contributed by atoms with Crippen molar-refractivity contribution >= 4 is 17.9 Å². The lowest BCUT2D eigenvalue weighted by Gasteiger charge is -2.21. The minimum absolute atomic E-state index is 0.146. The molecule has 1 atom stereocenters. The summed E-state index contributed by atoms with van der Waals surface area (Å²) in [5.74, 6) is 0.989. The Balaban J connectivity index is 1.72. The number of hydrogen-bond donors (Lipinski definition) is 1. The van der Waals surface area contributed by atoms with Gasteiger partial charge in [-0.25, -0.2) is 0 Å². The monoisotopic (exact) mass is 332 g/mol. The lowest BCUT2D eigenvalue weighted by molar-refractivity contribution is -0.125. The van der Waals surface area contributed by atoms with Gasteiger partial charge in [0.25, 0.3) is 0 Å². The lowest BCUT2D eigenvalue weighted by Crippen LogP contribution is -2.30. The van der Waals surface area contributed by atoms with E-state index < -0.39 is 0 Å². The number of carbonyl (C=O) groups excluding carboxylic acids is 2. The first-order valence-corrected chi connectivity index (χ1v) is 7.82. The van der Waals surface area contributed by atoms with Gasteiger partial charge in [0.15, 0.2) is 11.5 Å². The summed E-state index contributed by atoms with van der Waals surface area (Å²) in [6, 6.07) is 3.59. The largest absolute Gasteiger partial charge is 0.493 e. The summed E-state index contributed by atoms with van der Waals surface area (Å²) in [5.41, 5.74) is 6.06. The minimum atomic E-state index is -0.356. The van der Waals surface area contributed by atoms with Gasteiger partial charge in [-0.15, -0.1) is 0 Å². The summed E-state index contributed by atoms with van der Waals surface area (Å²) in [6.45, 7) is 1.88. The summed E-state index contributed by atoms with van der Waals surface area (Å²) in [4.78, 5) is 25.0. The Morgan fingerprint density at radius 1 is 1.33 bits per heavy atom. The van der Waals surface area contributed by atoms with Gasteiger partial charge in [-0.1, -0.05) is 0 Å². The highest BCUT2D eigenvalue weighted by Gasteiger charge is 2.28. The Morgan fingerprint density at radius 2 is 2.12 bits per heavy atom. The number of fused-ring (bicyclic) bond motifs is 1. The number of likely N-dealkylation sites (tertiary alicyclic amines) is 1. The summed E-state index contributed by atoms with van der Waals surface area (Å²) in [5, 5.41) is 0. The first-order valence-electron chi connectivity index (χ1n) is 7.82.